The van der Waals surface area contributed by atoms with Gasteiger partial charge in [-0.2, -0.15) is 0 Å². The van der Waals surface area contributed by atoms with Crippen LogP contribution in [0.15, 0.2) is 201 Å². The van der Waals surface area contributed by atoms with Gasteiger partial charge in [0.25, 0.3) is 0 Å². The molecule has 3 aliphatic heterocycles. The van der Waals surface area contributed by atoms with E-state index in [1.165, 1.54) is 95.2 Å². The molecule has 6 bridgehead atoms. The summed E-state index contributed by atoms with van der Waals surface area (Å²) >= 11 is 0. The summed E-state index contributed by atoms with van der Waals surface area (Å²) in [6, 6.07) is 55.5. The zero-order valence-corrected chi connectivity index (χ0v) is 69.6. The van der Waals surface area contributed by atoms with Crippen molar-refractivity contribution < 1.29 is 40.6 Å². The lowest BCUT2D eigenvalue weighted by Crippen LogP contribution is -2.47. The maximum atomic E-state index is 14.6. The highest BCUT2D eigenvalue weighted by Gasteiger charge is 2.44. The van der Waals surface area contributed by atoms with Crippen LogP contribution in [0.25, 0.3) is 137 Å². The molecule has 126 heavy (non-hydrogen) atoms. The van der Waals surface area contributed by atoms with Gasteiger partial charge in [-0.05, 0) is 185 Å². The van der Waals surface area contributed by atoms with Gasteiger partial charge in [0.2, 0.25) is 0 Å². The standard InChI is InChI=1S/3C35H30F2N4O/c3*1-19-20-6-11-23(12-7-20)33(19)40-32-17-29(39-35(41-32)27-18-38-34-26(27)15-25(36)16-28(34)37)24-13-10-22-9-8-21-4-2-3-5-30(21)42-31(22)14-24/h3*2-5,8-10,13-20,23,33,38H,6-7,11-12H2,1H3,(H,39,40,41)/t2*19-,20?,23?,33+;/m10./s1. The number of nitrogens with zero attached hydrogens (tertiary/aromatic N) is 6. The summed E-state index contributed by atoms with van der Waals surface area (Å²) in [6.45, 7) is 7.03. The Labute approximate surface area is 724 Å². The van der Waals surface area contributed by atoms with Crippen molar-refractivity contribution in [1.29, 1.82) is 0 Å². The Morgan fingerprint density at radius 3 is 0.825 bits per heavy atom. The molecule has 0 amide bonds. The molecule has 9 saturated carbocycles. The molecule has 9 aliphatic carbocycles. The van der Waals surface area contributed by atoms with Gasteiger partial charge in [0.1, 0.15) is 86.9 Å². The fourth-order valence-corrected chi connectivity index (χ4v) is 21.7. The van der Waals surface area contributed by atoms with Crippen LogP contribution in [0.3, 0.4) is 0 Å². The van der Waals surface area contributed by atoms with Crippen LogP contribution < -0.4 is 30.2 Å². The highest BCUT2D eigenvalue weighted by Crippen LogP contribution is 2.51. The van der Waals surface area contributed by atoms with E-state index >= 15 is 0 Å². The molecule has 9 fully saturated rings. The van der Waals surface area contributed by atoms with Crippen molar-refractivity contribution in [3.05, 3.63) is 269 Å². The van der Waals surface area contributed by atoms with Crippen molar-refractivity contribution in [1.82, 2.24) is 44.9 Å². The van der Waals surface area contributed by atoms with Crippen LogP contribution in [0.5, 0.6) is 34.5 Å². The number of H-pyrrole nitrogens is 3. The van der Waals surface area contributed by atoms with Gasteiger partial charge in [-0.1, -0.05) is 148 Å². The molecule has 6 N–H and O–H groups in total. The summed E-state index contributed by atoms with van der Waals surface area (Å²) in [7, 11) is 0. The molecule has 2 unspecified atom stereocenters. The largest absolute Gasteiger partial charge is 0.456 e. The Bertz CT molecular complexity index is 6250. The maximum Gasteiger partial charge on any atom is 0.164 e. The van der Waals surface area contributed by atoms with E-state index in [1.807, 2.05) is 146 Å². The smallest absolute Gasteiger partial charge is 0.164 e. The zero-order chi connectivity index (χ0) is 85.1. The van der Waals surface area contributed by atoms with Crippen LogP contribution in [0.1, 0.15) is 131 Å². The number of hydrogen-bond acceptors (Lipinski definition) is 12. The predicted octanol–water partition coefficient (Wildman–Crippen LogP) is 27.2. The summed E-state index contributed by atoms with van der Waals surface area (Å²) in [6.07, 6.45) is 32.5. The van der Waals surface area contributed by atoms with Gasteiger partial charge in [0.15, 0.2) is 17.5 Å². The molecule has 9 aromatic carbocycles. The van der Waals surface area contributed by atoms with E-state index in [1.54, 1.807) is 18.6 Å². The highest BCUT2D eigenvalue weighted by molar-refractivity contribution is 5.97. The molecule has 15 aromatic rings. The molecular formula is C105H90F6N12O3. The van der Waals surface area contributed by atoms with Crippen LogP contribution in [0.4, 0.5) is 43.8 Å². The van der Waals surface area contributed by atoms with Crippen molar-refractivity contribution in [2.24, 2.45) is 53.3 Å². The SMILES string of the molecule is CC1C2CCC(CC2)C1Nc1cc(-c2ccc3c(c2)Oc2ccccc2C=C3)nc(-c2c[nH]c3c(F)cc(F)cc23)n1.C[C@@H]1C2CCC(CC2)[C@H]1Nc1cc(-c2ccc3c(c2)Oc2ccccc2C=C3)nc(-c2c[nH]c3c(F)cc(F)cc23)n1.C[C@H]1C2CCC(CC2)[C@@H]1Nc1cc(-c2ccc3c(c2)Oc2ccccc2C=C3)nc(-c2c[nH]c3c(F)cc(F)cc23)n1. The third kappa shape index (κ3) is 14.9. The van der Waals surface area contributed by atoms with E-state index in [9.17, 15) is 26.3 Å². The number of ether oxygens (including phenoxy) is 3. The van der Waals surface area contributed by atoms with E-state index in [0.717, 1.165) is 121 Å². The Balaban J connectivity index is 0.000000112. The topological polar surface area (TPSA) is 188 Å². The van der Waals surface area contributed by atoms with Crippen molar-refractivity contribution in [2.75, 3.05) is 16.0 Å². The fraction of sp³-hybridized carbons (Fsp3) is 0.257. The second-order valence-electron chi connectivity index (χ2n) is 35.7. The molecule has 27 rings (SSSR count). The lowest BCUT2D eigenvalue weighted by atomic mass is 9.62. The average molecular weight is 1680 g/mol. The predicted molar refractivity (Wildman–Crippen MR) is 486 cm³/mol. The number of fused-ring (bicyclic) bond motifs is 18. The quantitative estimate of drug-likeness (QED) is 0.0636. The van der Waals surface area contributed by atoms with E-state index in [4.69, 9.17) is 44.1 Å². The summed E-state index contributed by atoms with van der Waals surface area (Å²) in [5, 5.41) is 12.6. The number of halogens is 6. The maximum absolute atomic E-state index is 14.6. The lowest BCUT2D eigenvalue weighted by molar-refractivity contribution is 0.0928. The first-order valence-electron chi connectivity index (χ1n) is 44.1. The van der Waals surface area contributed by atoms with E-state index < -0.39 is 34.9 Å². The molecular weight excluding hydrogens is 1590 g/mol. The second kappa shape index (κ2) is 32.2. The van der Waals surface area contributed by atoms with Crippen LogP contribution in [-0.4, -0.2) is 63.0 Å². The van der Waals surface area contributed by atoms with Gasteiger partial charge < -0.3 is 45.1 Å². The van der Waals surface area contributed by atoms with Crippen molar-refractivity contribution in [3.8, 4) is 102 Å². The number of aromatic nitrogens is 9. The van der Waals surface area contributed by atoms with Crippen LogP contribution in [0.2, 0.25) is 0 Å². The van der Waals surface area contributed by atoms with E-state index in [0.29, 0.717) is 138 Å². The minimum atomic E-state index is -0.644. The zero-order valence-electron chi connectivity index (χ0n) is 69.6. The fourth-order valence-electron chi connectivity index (χ4n) is 21.7. The first kappa shape index (κ1) is 78.4. The lowest BCUT2D eigenvalue weighted by Gasteiger charge is -2.47. The van der Waals surface area contributed by atoms with Gasteiger partial charge in [-0.15, -0.1) is 0 Å². The van der Waals surface area contributed by atoms with Crippen molar-refractivity contribution >= 4 is 86.6 Å². The normalized spacial score (nSPS) is 22.4. The van der Waals surface area contributed by atoms with Gasteiger partial charge in [-0.3, -0.25) is 0 Å². The summed E-state index contributed by atoms with van der Waals surface area (Å²) < 4.78 is 106. The van der Waals surface area contributed by atoms with Gasteiger partial charge in [0, 0.05) is 156 Å². The summed E-state index contributed by atoms with van der Waals surface area (Å²) in [5.41, 5.74) is 13.0. The van der Waals surface area contributed by atoms with E-state index in [2.05, 4.69) is 88.1 Å². The number of rotatable bonds is 12. The van der Waals surface area contributed by atoms with Crippen LogP contribution >= 0.6 is 0 Å². The molecule has 21 heteroatoms. The van der Waals surface area contributed by atoms with Gasteiger partial charge in [-0.25, -0.2) is 56.2 Å². The number of nitrogens with one attached hydrogen (secondary N) is 6. The van der Waals surface area contributed by atoms with Crippen molar-refractivity contribution in [2.45, 2.75) is 116 Å². The Morgan fingerprint density at radius 2 is 0.548 bits per heavy atom. The van der Waals surface area contributed by atoms with Crippen LogP contribution in [0, 0.1) is 88.2 Å². The monoisotopic (exact) mass is 1680 g/mol. The molecule has 630 valence electrons. The number of aromatic amines is 3. The molecule has 9 heterocycles. The molecule has 15 nitrogen and oxygen atoms in total. The number of hydrogen-bond donors (Lipinski definition) is 6. The first-order valence-corrected chi connectivity index (χ1v) is 44.1. The minimum Gasteiger partial charge on any atom is -0.456 e. The Morgan fingerprint density at radius 1 is 0.286 bits per heavy atom. The molecule has 0 saturated heterocycles. The minimum absolute atomic E-state index is 0.233. The third-order valence-electron chi connectivity index (χ3n) is 28.5. The van der Waals surface area contributed by atoms with Gasteiger partial charge in [0.05, 0.1) is 33.6 Å². The molecule has 0 spiro atoms. The summed E-state index contributed by atoms with van der Waals surface area (Å²) in [5.74, 6) is 9.72. The number of anilines is 3. The summed E-state index contributed by atoms with van der Waals surface area (Å²) in [4.78, 5) is 38.5. The Kier molecular flexibility index (Phi) is 20.0. The second-order valence-corrected chi connectivity index (χ2v) is 35.7. The molecule has 12 aliphatic rings. The van der Waals surface area contributed by atoms with Crippen molar-refractivity contribution in [3.63, 3.8) is 0 Å². The molecule has 6 atom stereocenters. The molecule has 6 aromatic heterocycles. The highest BCUT2D eigenvalue weighted by atomic mass is 19.2. The van der Waals surface area contributed by atoms with Gasteiger partial charge >= 0.3 is 0 Å². The number of benzene rings is 9. The number of para-hydroxylation sites is 3. The Hall–Kier alpha value is -13.6. The molecule has 0 radical (unpaired) electrons. The van der Waals surface area contributed by atoms with E-state index in [-0.39, 0.29) is 16.6 Å². The first-order chi connectivity index (χ1) is 61.5. The average Bonchev–Trinajstić information content (AvgIpc) is 1.54. The third-order valence-corrected chi connectivity index (χ3v) is 28.5. The van der Waals surface area contributed by atoms with Crippen LogP contribution in [-0.2, 0) is 0 Å².